The normalized spacial score (nSPS) is 11.5. The zero-order valence-corrected chi connectivity index (χ0v) is 11.1. The molecule has 0 aliphatic heterocycles. The van der Waals surface area contributed by atoms with Gasteiger partial charge in [-0.2, -0.15) is 5.26 Å². The van der Waals surface area contributed by atoms with Crippen LogP contribution in [0.15, 0.2) is 18.2 Å². The van der Waals surface area contributed by atoms with Crippen LogP contribution in [0.2, 0.25) is 0 Å². The summed E-state index contributed by atoms with van der Waals surface area (Å²) in [5, 5.41) is 21.5. The van der Waals surface area contributed by atoms with E-state index in [4.69, 9.17) is 10.00 Å². The molecule has 1 unspecified atom stereocenters. The molecular formula is C14H18N2O3. The lowest BCUT2D eigenvalue weighted by atomic mass is 10.1. The second-order valence-corrected chi connectivity index (χ2v) is 4.19. The molecule has 102 valence electrons. The minimum Gasteiger partial charge on any atom is -0.466 e. The van der Waals surface area contributed by atoms with Gasteiger partial charge in [0.2, 0.25) is 0 Å². The van der Waals surface area contributed by atoms with Gasteiger partial charge in [0.15, 0.2) is 0 Å². The Balaban J connectivity index is 2.52. The number of aliphatic hydroxyl groups is 1. The molecule has 1 aromatic rings. The summed E-state index contributed by atoms with van der Waals surface area (Å²) in [6.45, 7) is 4.16. The fourth-order valence-corrected chi connectivity index (χ4v) is 1.59. The fraction of sp³-hybridized carbons (Fsp3) is 0.429. The first-order chi connectivity index (χ1) is 9.06. The van der Waals surface area contributed by atoms with E-state index >= 15 is 0 Å². The highest BCUT2D eigenvalue weighted by atomic mass is 16.5. The third kappa shape index (κ3) is 4.98. The SMILES string of the molecule is CCOC(=O)CC(O)CNc1cc(C#N)ccc1C. The third-order valence-electron chi connectivity index (χ3n) is 2.60. The number of aryl methyl sites for hydroxylation is 1. The number of nitrogens with zero attached hydrogens (tertiary/aromatic N) is 1. The molecular weight excluding hydrogens is 244 g/mol. The molecule has 0 aromatic heterocycles. The molecule has 0 heterocycles. The van der Waals surface area contributed by atoms with Gasteiger partial charge in [0.05, 0.1) is 30.8 Å². The minimum atomic E-state index is -0.816. The van der Waals surface area contributed by atoms with Crippen molar-refractivity contribution in [2.75, 3.05) is 18.5 Å². The summed E-state index contributed by atoms with van der Waals surface area (Å²) in [7, 11) is 0. The predicted molar refractivity (Wildman–Crippen MR) is 71.6 cm³/mol. The predicted octanol–water partition coefficient (Wildman–Crippen LogP) is 1.59. The van der Waals surface area contributed by atoms with E-state index in [2.05, 4.69) is 11.4 Å². The maximum atomic E-state index is 11.2. The van der Waals surface area contributed by atoms with Gasteiger partial charge in [0.25, 0.3) is 0 Å². The molecule has 0 aliphatic rings. The Hall–Kier alpha value is -2.06. The molecule has 0 amide bonds. The van der Waals surface area contributed by atoms with E-state index in [1.807, 2.05) is 13.0 Å². The molecule has 19 heavy (non-hydrogen) atoms. The van der Waals surface area contributed by atoms with Crippen molar-refractivity contribution >= 4 is 11.7 Å². The Labute approximate surface area is 112 Å². The molecule has 5 heteroatoms. The Bertz CT molecular complexity index is 480. The summed E-state index contributed by atoms with van der Waals surface area (Å²) in [6.07, 6.45) is -0.859. The largest absolute Gasteiger partial charge is 0.466 e. The number of ether oxygens (including phenoxy) is 1. The van der Waals surface area contributed by atoms with Gasteiger partial charge in [-0.25, -0.2) is 0 Å². The molecule has 2 N–H and O–H groups in total. The van der Waals surface area contributed by atoms with Crippen LogP contribution in [0.25, 0.3) is 0 Å². The summed E-state index contributed by atoms with van der Waals surface area (Å²) >= 11 is 0. The number of nitrogens with one attached hydrogen (secondary N) is 1. The Kier molecular flexibility index (Phi) is 5.83. The molecule has 0 spiro atoms. The average Bonchev–Trinajstić information content (AvgIpc) is 2.38. The van der Waals surface area contributed by atoms with Gasteiger partial charge in [0.1, 0.15) is 0 Å². The van der Waals surface area contributed by atoms with E-state index in [0.717, 1.165) is 11.3 Å². The minimum absolute atomic E-state index is 0.0438. The van der Waals surface area contributed by atoms with Crippen LogP contribution in [0, 0.1) is 18.3 Å². The van der Waals surface area contributed by atoms with Crippen LogP contribution in [-0.2, 0) is 9.53 Å². The van der Waals surface area contributed by atoms with Crippen LogP contribution in [0.1, 0.15) is 24.5 Å². The first-order valence-corrected chi connectivity index (χ1v) is 6.15. The number of esters is 1. The lowest BCUT2D eigenvalue weighted by Crippen LogP contribution is -2.24. The number of benzene rings is 1. The van der Waals surface area contributed by atoms with E-state index in [1.165, 1.54) is 0 Å². The van der Waals surface area contributed by atoms with E-state index < -0.39 is 12.1 Å². The zero-order valence-electron chi connectivity index (χ0n) is 11.1. The monoisotopic (exact) mass is 262 g/mol. The van der Waals surface area contributed by atoms with Gasteiger partial charge < -0.3 is 15.2 Å². The van der Waals surface area contributed by atoms with Crippen molar-refractivity contribution in [2.24, 2.45) is 0 Å². The van der Waals surface area contributed by atoms with Crippen molar-refractivity contribution in [3.63, 3.8) is 0 Å². The second kappa shape index (κ2) is 7.39. The van der Waals surface area contributed by atoms with Gasteiger partial charge in [-0.05, 0) is 31.5 Å². The van der Waals surface area contributed by atoms with Crippen LogP contribution >= 0.6 is 0 Å². The van der Waals surface area contributed by atoms with E-state index in [9.17, 15) is 9.90 Å². The number of nitriles is 1. The summed E-state index contributed by atoms with van der Waals surface area (Å²) < 4.78 is 4.76. The Morgan fingerprint density at radius 3 is 2.95 bits per heavy atom. The number of rotatable bonds is 6. The summed E-state index contributed by atoms with van der Waals surface area (Å²) in [6, 6.07) is 7.33. The zero-order chi connectivity index (χ0) is 14.3. The van der Waals surface area contributed by atoms with E-state index in [1.54, 1.807) is 19.1 Å². The van der Waals surface area contributed by atoms with E-state index in [-0.39, 0.29) is 13.0 Å². The molecule has 0 aliphatic carbocycles. The highest BCUT2D eigenvalue weighted by Crippen LogP contribution is 2.16. The van der Waals surface area contributed by atoms with E-state index in [0.29, 0.717) is 12.2 Å². The number of hydrogen-bond acceptors (Lipinski definition) is 5. The fourth-order valence-electron chi connectivity index (χ4n) is 1.59. The number of hydrogen-bond donors (Lipinski definition) is 2. The first kappa shape index (κ1) is 15.0. The molecule has 0 radical (unpaired) electrons. The topological polar surface area (TPSA) is 82.3 Å². The Morgan fingerprint density at radius 1 is 1.58 bits per heavy atom. The van der Waals surface area contributed by atoms with Crippen LogP contribution in [-0.4, -0.2) is 30.3 Å². The summed E-state index contributed by atoms with van der Waals surface area (Å²) in [5.41, 5.74) is 2.30. The smallest absolute Gasteiger partial charge is 0.308 e. The van der Waals surface area contributed by atoms with Crippen molar-refractivity contribution in [3.05, 3.63) is 29.3 Å². The second-order valence-electron chi connectivity index (χ2n) is 4.19. The lowest BCUT2D eigenvalue weighted by molar-refractivity contribution is -0.145. The highest BCUT2D eigenvalue weighted by Gasteiger charge is 2.11. The number of carbonyl (C=O) groups excluding carboxylic acids is 1. The average molecular weight is 262 g/mol. The van der Waals surface area contributed by atoms with Gasteiger partial charge in [-0.15, -0.1) is 0 Å². The summed E-state index contributed by atoms with van der Waals surface area (Å²) in [5.74, 6) is -0.417. The molecule has 1 rings (SSSR count). The first-order valence-electron chi connectivity index (χ1n) is 6.15. The van der Waals surface area contributed by atoms with Crippen LogP contribution in [0.5, 0.6) is 0 Å². The molecule has 5 nitrogen and oxygen atoms in total. The molecule has 1 aromatic carbocycles. The molecule has 0 bridgehead atoms. The van der Waals surface area contributed by atoms with Crippen LogP contribution in [0.3, 0.4) is 0 Å². The number of anilines is 1. The number of aliphatic hydroxyl groups excluding tert-OH is 1. The van der Waals surface area contributed by atoms with Crippen molar-refractivity contribution in [1.82, 2.24) is 0 Å². The van der Waals surface area contributed by atoms with Crippen molar-refractivity contribution in [3.8, 4) is 6.07 Å². The molecule has 0 saturated carbocycles. The van der Waals surface area contributed by atoms with Crippen LogP contribution in [0.4, 0.5) is 5.69 Å². The quantitative estimate of drug-likeness (QED) is 0.761. The highest BCUT2D eigenvalue weighted by molar-refractivity contribution is 5.70. The van der Waals surface area contributed by atoms with Gasteiger partial charge in [0, 0.05) is 12.2 Å². The third-order valence-corrected chi connectivity index (χ3v) is 2.60. The molecule has 1 atom stereocenters. The molecule has 0 saturated heterocycles. The van der Waals surface area contributed by atoms with Crippen molar-refractivity contribution in [2.45, 2.75) is 26.4 Å². The maximum absolute atomic E-state index is 11.2. The van der Waals surface area contributed by atoms with Crippen molar-refractivity contribution in [1.29, 1.82) is 5.26 Å². The molecule has 0 fully saturated rings. The van der Waals surface area contributed by atoms with Crippen molar-refractivity contribution < 1.29 is 14.6 Å². The standard InChI is InChI=1S/C14H18N2O3/c1-3-19-14(18)7-12(17)9-16-13-6-11(8-15)5-4-10(13)2/h4-6,12,16-17H,3,7,9H2,1-2H3. The van der Waals surface area contributed by atoms with Gasteiger partial charge in [-0.1, -0.05) is 6.07 Å². The lowest BCUT2D eigenvalue weighted by Gasteiger charge is -2.14. The van der Waals surface area contributed by atoms with Gasteiger partial charge in [-0.3, -0.25) is 4.79 Å². The maximum Gasteiger partial charge on any atom is 0.308 e. The summed E-state index contributed by atoms with van der Waals surface area (Å²) in [4.78, 5) is 11.2. The van der Waals surface area contributed by atoms with Gasteiger partial charge >= 0.3 is 5.97 Å². The Morgan fingerprint density at radius 2 is 2.32 bits per heavy atom. The number of carbonyl (C=O) groups is 1. The van der Waals surface area contributed by atoms with Crippen LogP contribution < -0.4 is 5.32 Å².